The number of benzene rings is 2. The van der Waals surface area contributed by atoms with Crippen molar-refractivity contribution in [3.63, 3.8) is 0 Å². The van der Waals surface area contributed by atoms with Crippen molar-refractivity contribution in [3.05, 3.63) is 59.4 Å². The molecule has 1 amide bonds. The van der Waals surface area contributed by atoms with Crippen LogP contribution in [0, 0.1) is 19.7 Å². The van der Waals surface area contributed by atoms with E-state index in [4.69, 9.17) is 4.74 Å². The van der Waals surface area contributed by atoms with Gasteiger partial charge in [-0.15, -0.1) is 0 Å². The number of carbonyl (C=O) groups is 1. The minimum atomic E-state index is -3.74. The summed E-state index contributed by atoms with van der Waals surface area (Å²) in [7, 11) is -3.74. The maximum atomic E-state index is 13.1. The van der Waals surface area contributed by atoms with Crippen molar-refractivity contribution in [1.82, 2.24) is 5.32 Å². The molecule has 2 aromatic carbocycles. The van der Waals surface area contributed by atoms with Crippen molar-refractivity contribution in [2.24, 2.45) is 0 Å². The Labute approximate surface area is 165 Å². The first-order chi connectivity index (χ1) is 13.1. The highest BCUT2D eigenvalue weighted by Crippen LogP contribution is 2.21. The van der Waals surface area contributed by atoms with Gasteiger partial charge in [0, 0.05) is 0 Å². The molecule has 0 unspecified atom stereocenters. The fourth-order valence-electron chi connectivity index (χ4n) is 2.90. The van der Waals surface area contributed by atoms with Crippen molar-refractivity contribution in [3.8, 4) is 5.75 Å². The molecule has 1 N–H and O–H groups in total. The first kappa shape index (κ1) is 21.7. The van der Waals surface area contributed by atoms with Crippen LogP contribution in [0.15, 0.2) is 42.5 Å². The largest absolute Gasteiger partial charge is 0.492 e. The Kier molecular flexibility index (Phi) is 7.01. The van der Waals surface area contributed by atoms with Crippen LogP contribution >= 0.6 is 0 Å². The van der Waals surface area contributed by atoms with Gasteiger partial charge in [-0.1, -0.05) is 6.07 Å². The van der Waals surface area contributed by atoms with Crippen LogP contribution in [-0.4, -0.2) is 39.8 Å². The van der Waals surface area contributed by atoms with Gasteiger partial charge in [0.2, 0.25) is 15.9 Å². The van der Waals surface area contributed by atoms with E-state index in [0.717, 1.165) is 33.8 Å². The average Bonchev–Trinajstić information content (AvgIpc) is 2.58. The maximum Gasteiger partial charge on any atom is 0.243 e. The summed E-state index contributed by atoms with van der Waals surface area (Å²) in [6.07, 6.45) is 1.00. The summed E-state index contributed by atoms with van der Waals surface area (Å²) in [5.74, 6) is -0.250. The molecule has 8 heteroatoms. The van der Waals surface area contributed by atoms with Crippen molar-refractivity contribution in [1.29, 1.82) is 0 Å². The predicted molar refractivity (Wildman–Crippen MR) is 108 cm³/mol. The average molecular weight is 408 g/mol. The lowest BCUT2D eigenvalue weighted by Gasteiger charge is -2.28. The number of sulfonamides is 1. The van der Waals surface area contributed by atoms with Crippen molar-refractivity contribution >= 4 is 21.6 Å². The maximum absolute atomic E-state index is 13.1. The van der Waals surface area contributed by atoms with Crippen molar-refractivity contribution in [2.75, 3.05) is 23.7 Å². The second kappa shape index (κ2) is 9.05. The molecule has 0 saturated heterocycles. The lowest BCUT2D eigenvalue weighted by Crippen LogP contribution is -2.48. The molecule has 2 aromatic rings. The van der Waals surface area contributed by atoms with Crippen LogP contribution < -0.4 is 14.4 Å². The van der Waals surface area contributed by atoms with Crippen LogP contribution in [0.3, 0.4) is 0 Å². The van der Waals surface area contributed by atoms with E-state index in [-0.39, 0.29) is 18.8 Å². The Balaban J connectivity index is 1.98. The number of hydrogen-bond acceptors (Lipinski definition) is 4. The van der Waals surface area contributed by atoms with Crippen molar-refractivity contribution < 1.29 is 22.3 Å². The van der Waals surface area contributed by atoms with Gasteiger partial charge in [-0.2, -0.15) is 0 Å². The van der Waals surface area contributed by atoms with E-state index in [1.807, 2.05) is 32.0 Å². The second-order valence-electron chi connectivity index (χ2n) is 6.67. The van der Waals surface area contributed by atoms with E-state index in [1.54, 1.807) is 0 Å². The number of aryl methyl sites for hydroxylation is 2. The Morgan fingerprint density at radius 1 is 1.14 bits per heavy atom. The fraction of sp³-hybridized carbons (Fsp3) is 0.350. The first-order valence-corrected chi connectivity index (χ1v) is 10.7. The minimum Gasteiger partial charge on any atom is -0.492 e. The standard InChI is InChI=1S/C20H25FN2O4S/c1-14-11-15(2)13-19(12-14)27-10-9-22-20(24)16(3)23(28(4,25)26)18-7-5-17(21)6-8-18/h5-8,11-13,16H,9-10H2,1-4H3,(H,22,24)/t16-/m0/s1. The molecule has 0 bridgehead atoms. The number of amides is 1. The van der Waals surface area contributed by atoms with Crippen LogP contribution in [0.25, 0.3) is 0 Å². The molecule has 0 spiro atoms. The van der Waals surface area contributed by atoms with Crippen LogP contribution in [0.4, 0.5) is 10.1 Å². The van der Waals surface area contributed by atoms with Gasteiger partial charge in [-0.3, -0.25) is 9.10 Å². The highest BCUT2D eigenvalue weighted by atomic mass is 32.2. The van der Waals surface area contributed by atoms with E-state index in [0.29, 0.717) is 5.75 Å². The van der Waals surface area contributed by atoms with Gasteiger partial charge < -0.3 is 10.1 Å². The van der Waals surface area contributed by atoms with Crippen LogP contribution in [0.1, 0.15) is 18.1 Å². The molecular formula is C20H25FN2O4S. The van der Waals surface area contributed by atoms with E-state index in [2.05, 4.69) is 5.32 Å². The van der Waals surface area contributed by atoms with E-state index >= 15 is 0 Å². The van der Waals surface area contributed by atoms with Gasteiger partial charge in [0.25, 0.3) is 0 Å². The minimum absolute atomic E-state index is 0.219. The zero-order valence-electron chi connectivity index (χ0n) is 16.4. The molecule has 1 atom stereocenters. The molecule has 0 aliphatic carbocycles. The van der Waals surface area contributed by atoms with Gasteiger partial charge in [-0.25, -0.2) is 12.8 Å². The summed E-state index contributed by atoms with van der Waals surface area (Å²) < 4.78 is 44.1. The van der Waals surface area contributed by atoms with Gasteiger partial charge in [0.05, 0.1) is 18.5 Å². The highest BCUT2D eigenvalue weighted by Gasteiger charge is 2.28. The summed E-state index contributed by atoms with van der Waals surface area (Å²) in [5, 5.41) is 2.67. The molecule has 2 rings (SSSR count). The second-order valence-corrected chi connectivity index (χ2v) is 8.53. The van der Waals surface area contributed by atoms with Gasteiger partial charge in [-0.05, 0) is 68.3 Å². The number of carbonyl (C=O) groups excluding carboxylic acids is 1. The smallest absolute Gasteiger partial charge is 0.243 e. The fourth-order valence-corrected chi connectivity index (χ4v) is 4.08. The first-order valence-electron chi connectivity index (χ1n) is 8.81. The third-order valence-electron chi connectivity index (χ3n) is 4.03. The normalized spacial score (nSPS) is 12.3. The van der Waals surface area contributed by atoms with Crippen LogP contribution in [-0.2, 0) is 14.8 Å². The Hall–Kier alpha value is -2.61. The molecule has 152 valence electrons. The zero-order valence-corrected chi connectivity index (χ0v) is 17.2. The SMILES string of the molecule is Cc1cc(C)cc(OCCNC(=O)[C@H](C)N(c2ccc(F)cc2)S(C)(=O)=O)c1. The molecule has 0 aliphatic rings. The zero-order chi connectivity index (χ0) is 20.9. The molecule has 28 heavy (non-hydrogen) atoms. The molecular weight excluding hydrogens is 383 g/mol. The number of halogens is 1. The summed E-state index contributed by atoms with van der Waals surface area (Å²) in [6, 6.07) is 9.78. The molecule has 0 aromatic heterocycles. The number of ether oxygens (including phenoxy) is 1. The molecule has 6 nitrogen and oxygen atoms in total. The lowest BCUT2D eigenvalue weighted by molar-refractivity contribution is -0.121. The number of nitrogens with zero attached hydrogens (tertiary/aromatic N) is 1. The third kappa shape index (κ3) is 5.95. The van der Waals surface area contributed by atoms with Crippen LogP contribution in [0.5, 0.6) is 5.75 Å². The van der Waals surface area contributed by atoms with Gasteiger partial charge in [0.1, 0.15) is 24.2 Å². The van der Waals surface area contributed by atoms with E-state index in [9.17, 15) is 17.6 Å². The molecule has 0 aliphatic heterocycles. The summed E-state index contributed by atoms with van der Waals surface area (Å²) >= 11 is 0. The third-order valence-corrected chi connectivity index (χ3v) is 5.28. The molecule has 0 heterocycles. The quantitative estimate of drug-likeness (QED) is 0.682. The summed E-state index contributed by atoms with van der Waals surface area (Å²) in [5.41, 5.74) is 2.38. The predicted octanol–water partition coefficient (Wildman–Crippen LogP) is 2.79. The van der Waals surface area contributed by atoms with Crippen LogP contribution in [0.2, 0.25) is 0 Å². The van der Waals surface area contributed by atoms with E-state index < -0.39 is 27.8 Å². The van der Waals surface area contributed by atoms with Gasteiger partial charge >= 0.3 is 0 Å². The molecule has 0 saturated carbocycles. The van der Waals surface area contributed by atoms with E-state index in [1.165, 1.54) is 19.1 Å². The highest BCUT2D eigenvalue weighted by molar-refractivity contribution is 7.92. The van der Waals surface area contributed by atoms with Crippen molar-refractivity contribution in [2.45, 2.75) is 26.8 Å². The number of hydrogen-bond donors (Lipinski definition) is 1. The topological polar surface area (TPSA) is 75.7 Å². The lowest BCUT2D eigenvalue weighted by atomic mass is 10.1. The Bertz CT molecular complexity index is 909. The summed E-state index contributed by atoms with van der Waals surface area (Å²) in [6.45, 7) is 5.88. The summed E-state index contributed by atoms with van der Waals surface area (Å²) in [4.78, 5) is 12.4. The number of anilines is 1. The Morgan fingerprint density at radius 3 is 2.25 bits per heavy atom. The van der Waals surface area contributed by atoms with Gasteiger partial charge in [0.15, 0.2) is 0 Å². The number of rotatable bonds is 8. The Morgan fingerprint density at radius 2 is 1.71 bits per heavy atom. The monoisotopic (exact) mass is 408 g/mol. The molecule has 0 fully saturated rings. The number of nitrogens with one attached hydrogen (secondary N) is 1. The molecule has 0 radical (unpaired) electrons.